The Morgan fingerprint density at radius 1 is 1.39 bits per heavy atom. The van der Waals surface area contributed by atoms with Crippen LogP contribution in [0, 0.1) is 5.92 Å². The molecule has 2 N–H and O–H groups in total. The fourth-order valence-electron chi connectivity index (χ4n) is 4.22. The van der Waals surface area contributed by atoms with E-state index < -0.39 is 0 Å². The van der Waals surface area contributed by atoms with Crippen LogP contribution in [-0.2, 0) is 16.6 Å². The van der Waals surface area contributed by atoms with E-state index in [4.69, 9.17) is 10.3 Å². The van der Waals surface area contributed by atoms with E-state index in [1.54, 1.807) is 0 Å². The lowest BCUT2D eigenvalue weighted by Crippen LogP contribution is -2.25. The van der Waals surface area contributed by atoms with Crippen LogP contribution in [0.5, 0.6) is 0 Å². The maximum Gasteiger partial charge on any atom is 0.227 e. The molecule has 1 aromatic heterocycles. The van der Waals surface area contributed by atoms with Crippen molar-refractivity contribution in [1.82, 2.24) is 5.16 Å². The minimum absolute atomic E-state index is 0.201. The molecular weight excluding hydrogens is 290 g/mol. The van der Waals surface area contributed by atoms with Crippen molar-refractivity contribution in [1.29, 1.82) is 0 Å². The first kappa shape index (κ1) is 13.2. The van der Waals surface area contributed by atoms with Gasteiger partial charge in [-0.15, -0.1) is 0 Å². The van der Waals surface area contributed by atoms with Crippen molar-refractivity contribution in [3.8, 4) is 11.3 Å². The van der Waals surface area contributed by atoms with Crippen LogP contribution < -0.4 is 10.6 Å². The summed E-state index contributed by atoms with van der Waals surface area (Å²) in [6.45, 7) is 2.90. The van der Waals surface area contributed by atoms with Gasteiger partial charge in [0.2, 0.25) is 5.91 Å². The molecule has 3 aliphatic rings. The molecule has 23 heavy (non-hydrogen) atoms. The molecule has 1 atom stereocenters. The Morgan fingerprint density at radius 2 is 2.22 bits per heavy atom. The predicted molar refractivity (Wildman–Crippen MR) is 87.1 cm³/mol. The zero-order chi connectivity index (χ0) is 15.8. The second-order valence-corrected chi connectivity index (χ2v) is 7.38. The molecule has 0 unspecified atom stereocenters. The number of hydrogen-bond acceptors (Lipinski definition) is 4. The summed E-state index contributed by atoms with van der Waals surface area (Å²) in [5.74, 6) is 1.90. The monoisotopic (exact) mass is 309 g/mol. The predicted octanol–water partition coefficient (Wildman–Crippen LogP) is 2.88. The number of hydrogen-bond donors (Lipinski definition) is 1. The molecule has 0 radical (unpaired) electrons. The summed E-state index contributed by atoms with van der Waals surface area (Å²) in [6, 6.07) is 6.35. The van der Waals surface area contributed by atoms with Gasteiger partial charge in [0, 0.05) is 35.2 Å². The first-order chi connectivity index (χ1) is 11.1. The zero-order valence-electron chi connectivity index (χ0n) is 13.1. The van der Waals surface area contributed by atoms with Gasteiger partial charge >= 0.3 is 0 Å². The largest absolute Gasteiger partial charge is 0.381 e. The number of benzene rings is 1. The van der Waals surface area contributed by atoms with Crippen molar-refractivity contribution in [3.63, 3.8) is 0 Å². The third-order valence-corrected chi connectivity index (χ3v) is 5.64. The number of anilines is 2. The summed E-state index contributed by atoms with van der Waals surface area (Å²) < 4.78 is 5.52. The Labute approximate surface area is 134 Å². The number of carbonyl (C=O) groups excluding carboxylic acids is 1. The Morgan fingerprint density at radius 3 is 2.91 bits per heavy atom. The lowest BCUT2D eigenvalue weighted by atomic mass is 9.79. The van der Waals surface area contributed by atoms with Crippen LogP contribution in [0.1, 0.15) is 37.3 Å². The van der Waals surface area contributed by atoms with E-state index in [9.17, 15) is 4.79 Å². The topological polar surface area (TPSA) is 72.4 Å². The highest BCUT2D eigenvalue weighted by Crippen LogP contribution is 2.58. The maximum absolute atomic E-state index is 12.2. The molecule has 1 aliphatic heterocycles. The Hall–Kier alpha value is -2.30. The lowest BCUT2D eigenvalue weighted by Gasteiger charge is -2.26. The van der Waals surface area contributed by atoms with Gasteiger partial charge in [0.15, 0.2) is 11.6 Å². The number of nitrogens with two attached hydrogens (primary N) is 1. The van der Waals surface area contributed by atoms with Crippen LogP contribution in [0.2, 0.25) is 0 Å². The number of rotatable bonds is 1. The molecule has 1 saturated heterocycles. The van der Waals surface area contributed by atoms with Crippen molar-refractivity contribution in [3.05, 3.63) is 29.3 Å². The highest BCUT2D eigenvalue weighted by atomic mass is 16.5. The summed E-state index contributed by atoms with van der Waals surface area (Å²) in [6.07, 6.45) is 3.91. The standard InChI is InChI=1S/C18H19N3O2/c1-10-6-15(22)21(9-10)11-2-3-14-12(7-11)16-13(17(19)20-23-16)8-18(14)4-5-18/h2-3,7,10H,4-6,8-9H2,1H3,(H2,19,20)/t10-/m1/s1. The van der Waals surface area contributed by atoms with Crippen molar-refractivity contribution in [2.45, 2.75) is 38.0 Å². The Bertz CT molecular complexity index is 835. The molecular formula is C18H19N3O2. The molecule has 2 heterocycles. The van der Waals surface area contributed by atoms with E-state index in [1.165, 1.54) is 18.4 Å². The minimum atomic E-state index is 0.201. The summed E-state index contributed by atoms with van der Waals surface area (Å²) in [4.78, 5) is 14.1. The molecule has 1 spiro atoms. The molecule has 118 valence electrons. The molecule has 1 amide bonds. The van der Waals surface area contributed by atoms with Gasteiger partial charge < -0.3 is 15.2 Å². The van der Waals surface area contributed by atoms with Gasteiger partial charge in [-0.25, -0.2) is 0 Å². The van der Waals surface area contributed by atoms with Crippen molar-refractivity contribution in [2.24, 2.45) is 5.92 Å². The van der Waals surface area contributed by atoms with E-state index in [0.29, 0.717) is 18.2 Å². The van der Waals surface area contributed by atoms with Gasteiger partial charge in [-0.2, -0.15) is 0 Å². The van der Waals surface area contributed by atoms with Crippen LogP contribution in [0.15, 0.2) is 22.7 Å². The number of nitrogen functional groups attached to an aromatic ring is 1. The molecule has 2 aromatic rings. The first-order valence-corrected chi connectivity index (χ1v) is 8.27. The molecule has 2 fully saturated rings. The van der Waals surface area contributed by atoms with E-state index in [1.807, 2.05) is 4.90 Å². The van der Waals surface area contributed by atoms with Crippen LogP contribution in [0.25, 0.3) is 11.3 Å². The molecule has 0 bridgehead atoms. The number of fused-ring (bicyclic) bond motifs is 4. The third kappa shape index (κ3) is 1.73. The third-order valence-electron chi connectivity index (χ3n) is 5.64. The van der Waals surface area contributed by atoms with E-state index >= 15 is 0 Å². The summed E-state index contributed by atoms with van der Waals surface area (Å²) in [5, 5.41) is 3.97. The van der Waals surface area contributed by atoms with Gasteiger partial charge in [0.25, 0.3) is 0 Å². The second-order valence-electron chi connectivity index (χ2n) is 7.38. The highest BCUT2D eigenvalue weighted by Gasteiger charge is 2.50. The van der Waals surface area contributed by atoms with Gasteiger partial charge in [0.1, 0.15) is 0 Å². The SMILES string of the molecule is C[C@@H]1CC(=O)N(c2ccc3c(c2)-c2onc(N)c2CC32CC2)C1. The second kappa shape index (κ2) is 4.16. The van der Waals surface area contributed by atoms with Gasteiger partial charge in [-0.1, -0.05) is 18.1 Å². The fourth-order valence-corrected chi connectivity index (χ4v) is 4.22. The lowest BCUT2D eigenvalue weighted by molar-refractivity contribution is -0.117. The molecule has 2 aliphatic carbocycles. The number of carbonyl (C=O) groups is 1. The summed E-state index contributed by atoms with van der Waals surface area (Å²) in [5.41, 5.74) is 10.6. The zero-order valence-corrected chi connectivity index (χ0v) is 13.1. The average Bonchev–Trinajstić information content (AvgIpc) is 3.09. The smallest absolute Gasteiger partial charge is 0.227 e. The summed E-state index contributed by atoms with van der Waals surface area (Å²) in [7, 11) is 0. The van der Waals surface area contributed by atoms with Crippen molar-refractivity contribution < 1.29 is 9.32 Å². The highest BCUT2D eigenvalue weighted by molar-refractivity contribution is 5.96. The number of amides is 1. The number of aromatic nitrogens is 1. The van der Waals surface area contributed by atoms with Gasteiger partial charge in [-0.3, -0.25) is 4.79 Å². The van der Waals surface area contributed by atoms with Gasteiger partial charge in [-0.05, 0) is 42.9 Å². The Balaban J connectivity index is 1.66. The van der Waals surface area contributed by atoms with Crippen LogP contribution in [0.3, 0.4) is 0 Å². The normalized spacial score (nSPS) is 24.0. The fraction of sp³-hybridized carbons (Fsp3) is 0.444. The quantitative estimate of drug-likeness (QED) is 0.879. The molecule has 1 aromatic carbocycles. The van der Waals surface area contributed by atoms with E-state index in [-0.39, 0.29) is 11.3 Å². The van der Waals surface area contributed by atoms with Crippen LogP contribution in [-0.4, -0.2) is 17.6 Å². The molecule has 1 saturated carbocycles. The Kier molecular flexibility index (Phi) is 2.38. The minimum Gasteiger partial charge on any atom is -0.381 e. The maximum atomic E-state index is 12.2. The van der Waals surface area contributed by atoms with Crippen LogP contribution >= 0.6 is 0 Å². The molecule has 5 heteroatoms. The van der Waals surface area contributed by atoms with E-state index in [2.05, 4.69) is 30.3 Å². The number of nitrogens with zero attached hydrogens (tertiary/aromatic N) is 2. The molecule has 5 nitrogen and oxygen atoms in total. The van der Waals surface area contributed by atoms with Gasteiger partial charge in [0.05, 0.1) is 0 Å². The van der Waals surface area contributed by atoms with Crippen molar-refractivity contribution >= 4 is 17.4 Å². The summed E-state index contributed by atoms with van der Waals surface area (Å²) >= 11 is 0. The van der Waals surface area contributed by atoms with E-state index in [0.717, 1.165) is 35.5 Å². The van der Waals surface area contributed by atoms with Crippen molar-refractivity contribution in [2.75, 3.05) is 17.2 Å². The molecule has 5 rings (SSSR count). The average molecular weight is 309 g/mol. The van der Waals surface area contributed by atoms with Crippen LogP contribution in [0.4, 0.5) is 11.5 Å². The first-order valence-electron chi connectivity index (χ1n) is 8.27.